The van der Waals surface area contributed by atoms with Crippen molar-refractivity contribution in [2.24, 2.45) is 0 Å². The molecule has 0 aliphatic carbocycles. The van der Waals surface area contributed by atoms with Crippen LogP contribution in [0.1, 0.15) is 13.3 Å². The molecule has 1 amide bonds. The highest BCUT2D eigenvalue weighted by Crippen LogP contribution is 2.18. The van der Waals surface area contributed by atoms with Crippen LogP contribution in [0.25, 0.3) is 0 Å². The van der Waals surface area contributed by atoms with Crippen molar-refractivity contribution in [3.63, 3.8) is 0 Å². The molecule has 17 heavy (non-hydrogen) atoms. The van der Waals surface area contributed by atoms with Crippen molar-refractivity contribution in [1.29, 1.82) is 0 Å². The van der Waals surface area contributed by atoms with E-state index < -0.39 is 36.4 Å². The maximum absolute atomic E-state index is 11.4. The van der Waals surface area contributed by atoms with Gasteiger partial charge in [0.05, 0.1) is 6.61 Å². The first kappa shape index (κ1) is 14.3. The third kappa shape index (κ3) is 3.36. The molecule has 1 aliphatic heterocycles. The van der Waals surface area contributed by atoms with E-state index in [0.717, 1.165) is 0 Å². The lowest BCUT2D eigenvalue weighted by molar-refractivity contribution is -0.211. The first-order valence-corrected chi connectivity index (χ1v) is 5.60. The second-order valence-electron chi connectivity index (χ2n) is 4.08. The zero-order valence-corrected chi connectivity index (χ0v) is 9.61. The Bertz CT molecular complexity index is 261. The molecule has 0 radical (unpaired) electrons. The second-order valence-corrected chi connectivity index (χ2v) is 4.08. The van der Waals surface area contributed by atoms with E-state index in [1.165, 1.54) is 0 Å². The molecule has 0 aromatic heterocycles. The number of hydrogen-bond acceptors (Lipinski definition) is 6. The SMILES string of the molecule is CCCNC(=O)C(O)C1OC[C@@H](O)[C@H](O)[C@H]1O. The molecule has 5 atom stereocenters. The van der Waals surface area contributed by atoms with Gasteiger partial charge in [-0.25, -0.2) is 0 Å². The highest BCUT2D eigenvalue weighted by Gasteiger charge is 2.43. The number of carbonyl (C=O) groups is 1. The van der Waals surface area contributed by atoms with E-state index in [-0.39, 0.29) is 6.61 Å². The molecule has 0 aromatic carbocycles. The fraction of sp³-hybridized carbons (Fsp3) is 0.900. The van der Waals surface area contributed by atoms with Crippen LogP contribution in [0.4, 0.5) is 0 Å². The van der Waals surface area contributed by atoms with Gasteiger partial charge < -0.3 is 30.5 Å². The Morgan fingerprint density at radius 2 is 2.06 bits per heavy atom. The Kier molecular flexibility index (Phi) is 5.29. The van der Waals surface area contributed by atoms with Gasteiger partial charge in [0, 0.05) is 6.54 Å². The van der Waals surface area contributed by atoms with Crippen molar-refractivity contribution in [2.45, 2.75) is 43.9 Å². The molecule has 1 saturated heterocycles. The highest BCUT2D eigenvalue weighted by atomic mass is 16.5. The van der Waals surface area contributed by atoms with E-state index in [9.17, 15) is 25.2 Å². The molecule has 1 fully saturated rings. The Morgan fingerprint density at radius 3 is 2.65 bits per heavy atom. The summed E-state index contributed by atoms with van der Waals surface area (Å²) in [5, 5.41) is 40.3. The van der Waals surface area contributed by atoms with E-state index in [0.29, 0.717) is 13.0 Å². The maximum Gasteiger partial charge on any atom is 0.251 e. The number of aliphatic hydroxyl groups excluding tert-OH is 4. The number of carbonyl (C=O) groups excluding carboxylic acids is 1. The van der Waals surface area contributed by atoms with Crippen LogP contribution in [-0.4, -0.2) is 70.0 Å². The lowest BCUT2D eigenvalue weighted by Gasteiger charge is -2.36. The third-order valence-electron chi connectivity index (χ3n) is 2.67. The molecule has 7 heteroatoms. The topological polar surface area (TPSA) is 119 Å². The van der Waals surface area contributed by atoms with Crippen LogP contribution in [0.2, 0.25) is 0 Å². The van der Waals surface area contributed by atoms with E-state index >= 15 is 0 Å². The summed E-state index contributed by atoms with van der Waals surface area (Å²) in [6.07, 6.45) is -6.23. The Morgan fingerprint density at radius 1 is 1.41 bits per heavy atom. The van der Waals surface area contributed by atoms with Crippen LogP contribution in [0.3, 0.4) is 0 Å². The van der Waals surface area contributed by atoms with Crippen molar-refractivity contribution >= 4 is 5.91 Å². The summed E-state index contributed by atoms with van der Waals surface area (Å²) < 4.78 is 4.96. The second kappa shape index (κ2) is 6.27. The maximum atomic E-state index is 11.4. The lowest BCUT2D eigenvalue weighted by Crippen LogP contribution is -2.59. The third-order valence-corrected chi connectivity index (χ3v) is 2.67. The van der Waals surface area contributed by atoms with Crippen LogP contribution >= 0.6 is 0 Å². The smallest absolute Gasteiger partial charge is 0.251 e. The van der Waals surface area contributed by atoms with Crippen molar-refractivity contribution in [2.75, 3.05) is 13.2 Å². The zero-order chi connectivity index (χ0) is 13.0. The van der Waals surface area contributed by atoms with Crippen molar-refractivity contribution in [3.05, 3.63) is 0 Å². The molecule has 5 N–H and O–H groups in total. The summed E-state index contributed by atoms with van der Waals surface area (Å²) in [6, 6.07) is 0. The Balaban J connectivity index is 2.56. The molecule has 0 saturated carbocycles. The number of hydrogen-bond donors (Lipinski definition) is 5. The van der Waals surface area contributed by atoms with Crippen LogP contribution in [0.15, 0.2) is 0 Å². The molecular weight excluding hydrogens is 230 g/mol. The Labute approximate surface area is 99.0 Å². The van der Waals surface area contributed by atoms with Crippen LogP contribution < -0.4 is 5.32 Å². The first-order chi connectivity index (χ1) is 7.99. The van der Waals surface area contributed by atoms with E-state index in [4.69, 9.17) is 4.74 Å². The predicted molar refractivity (Wildman–Crippen MR) is 57.1 cm³/mol. The monoisotopic (exact) mass is 249 g/mol. The van der Waals surface area contributed by atoms with Crippen LogP contribution in [0.5, 0.6) is 0 Å². The summed E-state index contributed by atoms with van der Waals surface area (Å²) in [5.41, 5.74) is 0. The van der Waals surface area contributed by atoms with Gasteiger partial charge in [0.25, 0.3) is 5.91 Å². The largest absolute Gasteiger partial charge is 0.388 e. The minimum atomic E-state index is -1.57. The van der Waals surface area contributed by atoms with Gasteiger partial charge in [-0.1, -0.05) is 6.92 Å². The molecular formula is C10H19NO6. The van der Waals surface area contributed by atoms with Gasteiger partial charge >= 0.3 is 0 Å². The van der Waals surface area contributed by atoms with Gasteiger partial charge in [-0.15, -0.1) is 0 Å². The van der Waals surface area contributed by atoms with Crippen LogP contribution in [0, 0.1) is 0 Å². The minimum Gasteiger partial charge on any atom is -0.388 e. The van der Waals surface area contributed by atoms with Gasteiger partial charge in [0.2, 0.25) is 0 Å². The summed E-state index contributed by atoms with van der Waals surface area (Å²) in [4.78, 5) is 11.4. The first-order valence-electron chi connectivity index (χ1n) is 5.60. The molecule has 2 unspecified atom stereocenters. The highest BCUT2D eigenvalue weighted by molar-refractivity contribution is 5.81. The standard InChI is InChI=1S/C10H19NO6/c1-2-3-11-10(16)8(15)9-7(14)6(13)5(12)4-17-9/h5-9,12-15H,2-4H2,1H3,(H,11,16)/t5-,6+,7-,8?,9?/m1/s1. The summed E-state index contributed by atoms with van der Waals surface area (Å²) in [5.74, 6) is -0.667. The van der Waals surface area contributed by atoms with Gasteiger partial charge in [0.15, 0.2) is 6.10 Å². The van der Waals surface area contributed by atoms with E-state index in [1.807, 2.05) is 6.92 Å². The molecule has 0 aromatic rings. The minimum absolute atomic E-state index is 0.235. The van der Waals surface area contributed by atoms with E-state index in [1.54, 1.807) is 0 Å². The summed E-state index contributed by atoms with van der Waals surface area (Å²) >= 11 is 0. The Hall–Kier alpha value is -0.730. The molecule has 1 aliphatic rings. The molecule has 0 bridgehead atoms. The van der Waals surface area contributed by atoms with Crippen molar-refractivity contribution in [1.82, 2.24) is 5.32 Å². The number of ether oxygens (including phenoxy) is 1. The molecule has 100 valence electrons. The predicted octanol–water partition coefficient (Wildman–Crippen LogP) is -2.64. The molecule has 1 rings (SSSR count). The summed E-state index contributed by atoms with van der Waals surface area (Å²) in [7, 11) is 0. The van der Waals surface area contributed by atoms with Gasteiger partial charge in [-0.2, -0.15) is 0 Å². The molecule has 1 heterocycles. The fourth-order valence-electron chi connectivity index (χ4n) is 1.61. The quantitative estimate of drug-likeness (QED) is 0.371. The number of amides is 1. The fourth-order valence-corrected chi connectivity index (χ4v) is 1.61. The van der Waals surface area contributed by atoms with Gasteiger partial charge in [-0.05, 0) is 6.42 Å². The number of aliphatic hydroxyl groups is 4. The van der Waals surface area contributed by atoms with Gasteiger partial charge in [-0.3, -0.25) is 4.79 Å². The number of nitrogens with one attached hydrogen (secondary N) is 1. The van der Waals surface area contributed by atoms with Crippen LogP contribution in [-0.2, 0) is 9.53 Å². The average Bonchev–Trinajstić information content (AvgIpc) is 2.32. The average molecular weight is 249 g/mol. The van der Waals surface area contributed by atoms with Crippen molar-refractivity contribution in [3.8, 4) is 0 Å². The van der Waals surface area contributed by atoms with Crippen molar-refractivity contribution < 1.29 is 30.0 Å². The zero-order valence-electron chi connectivity index (χ0n) is 9.61. The summed E-state index contributed by atoms with van der Waals surface area (Å²) in [6.45, 7) is 2.03. The number of rotatable bonds is 4. The van der Waals surface area contributed by atoms with E-state index in [2.05, 4.69) is 5.32 Å². The molecule has 7 nitrogen and oxygen atoms in total. The lowest BCUT2D eigenvalue weighted by atomic mass is 9.96. The van der Waals surface area contributed by atoms with Gasteiger partial charge in [0.1, 0.15) is 24.4 Å². The molecule has 0 spiro atoms. The normalized spacial score (nSPS) is 35.4.